The molecule has 1 atom stereocenters. The molecule has 1 rings (SSSR count). The Labute approximate surface area is 108 Å². The van der Waals surface area contributed by atoms with Crippen LogP contribution >= 0.6 is 15.9 Å². The van der Waals surface area contributed by atoms with E-state index in [1.165, 1.54) is 14.2 Å². The van der Waals surface area contributed by atoms with Crippen LogP contribution in [-0.4, -0.2) is 32.8 Å². The minimum Gasteiger partial charge on any atom is -0.495 e. The summed E-state index contributed by atoms with van der Waals surface area (Å²) in [7, 11) is 2.98. The van der Waals surface area contributed by atoms with Crippen LogP contribution in [0, 0.1) is 0 Å². The van der Waals surface area contributed by atoms with Gasteiger partial charge in [-0.1, -0.05) is 15.9 Å². The zero-order valence-corrected chi connectivity index (χ0v) is 11.3. The number of carbonyl (C=O) groups is 1. The van der Waals surface area contributed by atoms with Crippen molar-refractivity contribution in [2.75, 3.05) is 26.1 Å². The second kappa shape index (κ2) is 6.58. The van der Waals surface area contributed by atoms with E-state index in [1.807, 2.05) is 6.07 Å². The summed E-state index contributed by atoms with van der Waals surface area (Å²) in [5.41, 5.74) is 5.98. The Morgan fingerprint density at radius 2 is 2.24 bits per heavy atom. The zero-order valence-electron chi connectivity index (χ0n) is 9.70. The number of benzene rings is 1. The van der Waals surface area contributed by atoms with E-state index in [0.29, 0.717) is 11.4 Å². The van der Waals surface area contributed by atoms with Crippen molar-refractivity contribution in [3.63, 3.8) is 0 Å². The van der Waals surface area contributed by atoms with Gasteiger partial charge in [-0.3, -0.25) is 4.79 Å². The lowest BCUT2D eigenvalue weighted by molar-refractivity contribution is -0.125. The van der Waals surface area contributed by atoms with E-state index in [2.05, 4.69) is 21.2 Å². The summed E-state index contributed by atoms with van der Waals surface area (Å²) in [6, 6.07) is 5.33. The SMILES string of the molecule is COc1ccc(Br)cc1NC(=O)C(CN)OC. The maximum Gasteiger partial charge on any atom is 0.254 e. The molecule has 17 heavy (non-hydrogen) atoms. The Hall–Kier alpha value is -1.11. The second-order valence-corrected chi connectivity index (χ2v) is 4.21. The van der Waals surface area contributed by atoms with Gasteiger partial charge in [0.15, 0.2) is 0 Å². The molecule has 1 amide bonds. The van der Waals surface area contributed by atoms with Crippen molar-refractivity contribution in [3.05, 3.63) is 22.7 Å². The molecule has 0 heterocycles. The van der Waals surface area contributed by atoms with Crippen LogP contribution in [0.15, 0.2) is 22.7 Å². The molecule has 0 aliphatic carbocycles. The van der Waals surface area contributed by atoms with E-state index in [-0.39, 0.29) is 12.5 Å². The van der Waals surface area contributed by atoms with Crippen LogP contribution < -0.4 is 15.8 Å². The molecule has 1 aromatic carbocycles. The maximum absolute atomic E-state index is 11.8. The van der Waals surface area contributed by atoms with Gasteiger partial charge in [-0.25, -0.2) is 0 Å². The van der Waals surface area contributed by atoms with Gasteiger partial charge in [-0.15, -0.1) is 0 Å². The van der Waals surface area contributed by atoms with Crippen LogP contribution in [0.1, 0.15) is 0 Å². The fraction of sp³-hybridized carbons (Fsp3) is 0.364. The molecule has 0 aliphatic heterocycles. The quantitative estimate of drug-likeness (QED) is 0.861. The summed E-state index contributed by atoms with van der Waals surface area (Å²) < 4.78 is 10.9. The van der Waals surface area contributed by atoms with E-state index in [0.717, 1.165) is 4.47 Å². The Kier molecular flexibility index (Phi) is 5.40. The molecule has 0 spiro atoms. The average Bonchev–Trinajstić information content (AvgIpc) is 2.31. The van der Waals surface area contributed by atoms with Crippen molar-refractivity contribution < 1.29 is 14.3 Å². The minimum absolute atomic E-state index is 0.124. The van der Waals surface area contributed by atoms with Crippen molar-refractivity contribution >= 4 is 27.5 Å². The van der Waals surface area contributed by atoms with E-state index >= 15 is 0 Å². The number of carbonyl (C=O) groups excluding carboxylic acids is 1. The minimum atomic E-state index is -0.668. The van der Waals surface area contributed by atoms with Crippen molar-refractivity contribution in [3.8, 4) is 5.75 Å². The molecule has 0 aliphatic rings. The summed E-state index contributed by atoms with van der Waals surface area (Å²) in [6.07, 6.45) is -0.668. The molecule has 5 nitrogen and oxygen atoms in total. The third-order valence-corrected chi connectivity index (χ3v) is 2.70. The van der Waals surface area contributed by atoms with Gasteiger partial charge in [0.25, 0.3) is 5.91 Å². The van der Waals surface area contributed by atoms with Gasteiger partial charge in [0.1, 0.15) is 11.9 Å². The highest BCUT2D eigenvalue weighted by Crippen LogP contribution is 2.27. The van der Waals surface area contributed by atoms with Gasteiger partial charge in [-0.05, 0) is 18.2 Å². The van der Waals surface area contributed by atoms with Gasteiger partial charge >= 0.3 is 0 Å². The van der Waals surface area contributed by atoms with Crippen LogP contribution in [0.5, 0.6) is 5.75 Å². The number of nitrogens with two attached hydrogens (primary N) is 1. The van der Waals surface area contributed by atoms with Crippen LogP contribution in [-0.2, 0) is 9.53 Å². The van der Waals surface area contributed by atoms with Crippen molar-refractivity contribution in [2.24, 2.45) is 5.73 Å². The lowest BCUT2D eigenvalue weighted by atomic mass is 10.2. The molecular weight excluding hydrogens is 288 g/mol. The summed E-state index contributed by atoms with van der Waals surface area (Å²) in [5, 5.41) is 2.71. The zero-order chi connectivity index (χ0) is 12.8. The molecule has 0 aromatic heterocycles. The molecule has 1 aromatic rings. The number of rotatable bonds is 5. The smallest absolute Gasteiger partial charge is 0.254 e. The van der Waals surface area contributed by atoms with E-state index in [4.69, 9.17) is 15.2 Å². The van der Waals surface area contributed by atoms with Crippen LogP contribution in [0.3, 0.4) is 0 Å². The highest BCUT2D eigenvalue weighted by molar-refractivity contribution is 9.10. The number of nitrogens with one attached hydrogen (secondary N) is 1. The number of hydrogen-bond donors (Lipinski definition) is 2. The highest BCUT2D eigenvalue weighted by Gasteiger charge is 2.17. The van der Waals surface area contributed by atoms with Crippen molar-refractivity contribution in [1.82, 2.24) is 0 Å². The monoisotopic (exact) mass is 302 g/mol. The number of methoxy groups -OCH3 is 2. The second-order valence-electron chi connectivity index (χ2n) is 3.29. The molecule has 0 radical (unpaired) electrons. The van der Waals surface area contributed by atoms with Crippen molar-refractivity contribution in [1.29, 1.82) is 0 Å². The molecule has 94 valence electrons. The summed E-state index contributed by atoms with van der Waals surface area (Å²) >= 11 is 3.32. The first-order valence-corrected chi connectivity index (χ1v) is 5.79. The largest absolute Gasteiger partial charge is 0.495 e. The van der Waals surface area contributed by atoms with E-state index < -0.39 is 6.10 Å². The topological polar surface area (TPSA) is 73.6 Å². The number of amides is 1. The standard InChI is InChI=1S/C11H15BrN2O3/c1-16-9-4-3-7(12)5-8(9)14-11(15)10(6-13)17-2/h3-5,10H,6,13H2,1-2H3,(H,14,15). The molecule has 1 unspecified atom stereocenters. The third-order valence-electron chi connectivity index (χ3n) is 2.21. The Bertz CT molecular complexity index is 394. The molecule has 6 heteroatoms. The highest BCUT2D eigenvalue weighted by atomic mass is 79.9. The molecule has 0 saturated heterocycles. The number of anilines is 1. The van der Waals surface area contributed by atoms with Crippen LogP contribution in [0.4, 0.5) is 5.69 Å². The van der Waals surface area contributed by atoms with Gasteiger partial charge < -0.3 is 20.5 Å². The lowest BCUT2D eigenvalue weighted by Crippen LogP contribution is -2.36. The first-order valence-electron chi connectivity index (χ1n) is 4.99. The molecule has 0 bridgehead atoms. The molecule has 0 fully saturated rings. The number of ether oxygens (including phenoxy) is 2. The fourth-order valence-electron chi connectivity index (χ4n) is 1.30. The van der Waals surface area contributed by atoms with Crippen LogP contribution in [0.2, 0.25) is 0 Å². The Balaban J connectivity index is 2.86. The third kappa shape index (κ3) is 3.69. The summed E-state index contributed by atoms with van der Waals surface area (Å²) in [6.45, 7) is 0.124. The molecule has 3 N–H and O–H groups in total. The predicted octanol–water partition coefficient (Wildman–Crippen LogP) is 1.37. The normalized spacial score (nSPS) is 12.0. The fourth-order valence-corrected chi connectivity index (χ4v) is 1.66. The maximum atomic E-state index is 11.8. The van der Waals surface area contributed by atoms with Crippen molar-refractivity contribution in [2.45, 2.75) is 6.10 Å². The number of halogens is 1. The summed E-state index contributed by atoms with van der Waals surface area (Å²) in [4.78, 5) is 11.8. The lowest BCUT2D eigenvalue weighted by Gasteiger charge is -2.15. The molecular formula is C11H15BrN2O3. The van der Waals surface area contributed by atoms with E-state index in [1.54, 1.807) is 12.1 Å². The average molecular weight is 303 g/mol. The number of hydrogen-bond acceptors (Lipinski definition) is 4. The van der Waals surface area contributed by atoms with Gasteiger partial charge in [0.05, 0.1) is 12.8 Å². The Morgan fingerprint density at radius 1 is 1.53 bits per heavy atom. The first-order chi connectivity index (χ1) is 8.12. The van der Waals surface area contributed by atoms with Gasteiger partial charge in [0.2, 0.25) is 0 Å². The summed E-state index contributed by atoms with van der Waals surface area (Å²) in [5.74, 6) is 0.278. The first kappa shape index (κ1) is 14.0. The Morgan fingerprint density at radius 3 is 2.76 bits per heavy atom. The van der Waals surface area contributed by atoms with Crippen LogP contribution in [0.25, 0.3) is 0 Å². The molecule has 0 saturated carbocycles. The van der Waals surface area contributed by atoms with Gasteiger partial charge in [0, 0.05) is 18.1 Å². The van der Waals surface area contributed by atoms with E-state index in [9.17, 15) is 4.79 Å². The van der Waals surface area contributed by atoms with Gasteiger partial charge in [-0.2, -0.15) is 0 Å². The predicted molar refractivity (Wildman–Crippen MR) is 69.2 cm³/mol.